The zero-order valence-corrected chi connectivity index (χ0v) is 7.92. The number of ether oxygens (including phenoxy) is 1. The van der Waals surface area contributed by atoms with Crippen molar-refractivity contribution in [2.24, 2.45) is 0 Å². The highest BCUT2D eigenvalue weighted by atomic mass is 19.1. The molecule has 0 heterocycles. The van der Waals surface area contributed by atoms with E-state index < -0.39 is 5.82 Å². The van der Waals surface area contributed by atoms with E-state index in [0.717, 1.165) is 0 Å². The topological polar surface area (TPSA) is 26.3 Å². The van der Waals surface area contributed by atoms with Gasteiger partial charge in [0.15, 0.2) is 0 Å². The Morgan fingerprint density at radius 2 is 2.29 bits per heavy atom. The minimum Gasteiger partial charge on any atom is -0.466 e. The number of hydrogen-bond acceptors (Lipinski definition) is 2. The zero-order chi connectivity index (χ0) is 10.6. The minimum absolute atomic E-state index is 0.0744. The number of carbonyl (C=O) groups is 1. The van der Waals surface area contributed by atoms with Crippen molar-refractivity contribution in [3.8, 4) is 0 Å². The Morgan fingerprint density at radius 1 is 1.57 bits per heavy atom. The van der Waals surface area contributed by atoms with Crippen molar-refractivity contribution in [1.29, 1.82) is 0 Å². The largest absolute Gasteiger partial charge is 0.466 e. The van der Waals surface area contributed by atoms with E-state index in [2.05, 4.69) is 0 Å². The van der Waals surface area contributed by atoms with Gasteiger partial charge in [0, 0.05) is 0 Å². The molecule has 0 amide bonds. The van der Waals surface area contributed by atoms with E-state index in [-0.39, 0.29) is 17.9 Å². The first-order valence-electron chi connectivity index (χ1n) is 4.33. The number of rotatable bonds is 3. The van der Waals surface area contributed by atoms with E-state index in [0.29, 0.717) is 12.2 Å². The molecule has 0 saturated carbocycles. The third kappa shape index (κ3) is 2.87. The average Bonchev–Trinajstić information content (AvgIpc) is 2.12. The molecular weight excluding hydrogens is 182 g/mol. The molecule has 2 nitrogen and oxygen atoms in total. The summed E-state index contributed by atoms with van der Waals surface area (Å²) >= 11 is 0. The predicted octanol–water partition coefficient (Wildman–Crippen LogP) is 0.725. The van der Waals surface area contributed by atoms with Gasteiger partial charge in [-0.1, -0.05) is 17.6 Å². The number of carbonyl (C=O) groups excluding carboxylic acids is 1. The van der Waals surface area contributed by atoms with Crippen LogP contribution in [0.25, 0.3) is 0 Å². The first-order chi connectivity index (χ1) is 6.63. The van der Waals surface area contributed by atoms with Crippen molar-refractivity contribution in [1.82, 2.24) is 0 Å². The van der Waals surface area contributed by atoms with Gasteiger partial charge in [0.1, 0.15) is 13.7 Å². The molecule has 2 radical (unpaired) electrons. The average molecular weight is 192 g/mol. The van der Waals surface area contributed by atoms with Crippen molar-refractivity contribution in [3.05, 3.63) is 29.6 Å². The van der Waals surface area contributed by atoms with E-state index in [9.17, 15) is 9.18 Å². The molecule has 0 aliphatic rings. The standard InChI is InChI=1S/C10H10BFO2/c1-2-14-10(13)6-7-3-4-8(11)9(12)5-7/h3-5H,2,6H2,1H3. The zero-order valence-electron chi connectivity index (χ0n) is 7.92. The number of benzene rings is 1. The smallest absolute Gasteiger partial charge is 0.310 e. The highest BCUT2D eigenvalue weighted by molar-refractivity contribution is 6.32. The Labute approximate surface area is 83.5 Å². The molecule has 0 aromatic heterocycles. The van der Waals surface area contributed by atoms with Gasteiger partial charge in [0.25, 0.3) is 0 Å². The van der Waals surface area contributed by atoms with E-state index in [4.69, 9.17) is 12.6 Å². The van der Waals surface area contributed by atoms with Crippen LogP contribution in [0.2, 0.25) is 0 Å². The van der Waals surface area contributed by atoms with Gasteiger partial charge in [-0.15, -0.1) is 0 Å². The molecule has 0 aliphatic carbocycles. The summed E-state index contributed by atoms with van der Waals surface area (Å²) in [6.45, 7) is 2.05. The van der Waals surface area contributed by atoms with Crippen LogP contribution in [0.5, 0.6) is 0 Å². The Morgan fingerprint density at radius 3 is 2.86 bits per heavy atom. The van der Waals surface area contributed by atoms with Crippen LogP contribution in [0.1, 0.15) is 12.5 Å². The second-order valence-electron chi connectivity index (χ2n) is 2.84. The summed E-state index contributed by atoms with van der Waals surface area (Å²) in [5, 5.41) is 0. The molecule has 1 rings (SSSR count). The Bertz CT molecular complexity index is 339. The van der Waals surface area contributed by atoms with Crippen LogP contribution in [0, 0.1) is 5.82 Å². The predicted molar refractivity (Wildman–Crippen MR) is 52.1 cm³/mol. The number of esters is 1. The highest BCUT2D eigenvalue weighted by Gasteiger charge is 2.05. The summed E-state index contributed by atoms with van der Waals surface area (Å²) in [5.41, 5.74) is 0.646. The highest BCUT2D eigenvalue weighted by Crippen LogP contribution is 2.03. The number of halogens is 1. The van der Waals surface area contributed by atoms with Crippen molar-refractivity contribution in [2.75, 3.05) is 6.61 Å². The Kier molecular flexibility index (Phi) is 3.68. The Balaban J connectivity index is 2.68. The summed E-state index contributed by atoms with van der Waals surface area (Å²) in [5.74, 6) is -0.872. The van der Waals surface area contributed by atoms with Crippen LogP contribution in [0.4, 0.5) is 4.39 Å². The van der Waals surface area contributed by atoms with Gasteiger partial charge in [-0.05, 0) is 18.6 Å². The lowest BCUT2D eigenvalue weighted by Crippen LogP contribution is -2.11. The van der Waals surface area contributed by atoms with E-state index in [1.807, 2.05) is 0 Å². The second kappa shape index (κ2) is 4.79. The molecular formula is C10H10BFO2. The molecule has 1 aromatic rings. The maximum Gasteiger partial charge on any atom is 0.310 e. The minimum atomic E-state index is -0.508. The molecule has 0 bridgehead atoms. The van der Waals surface area contributed by atoms with Crippen LogP contribution in [-0.4, -0.2) is 20.4 Å². The van der Waals surface area contributed by atoms with E-state index in [1.165, 1.54) is 12.1 Å². The summed E-state index contributed by atoms with van der Waals surface area (Å²) in [6, 6.07) is 4.28. The maximum absolute atomic E-state index is 12.9. The fourth-order valence-electron chi connectivity index (χ4n) is 1.06. The fourth-order valence-corrected chi connectivity index (χ4v) is 1.06. The van der Waals surface area contributed by atoms with Gasteiger partial charge in [-0.2, -0.15) is 0 Å². The quantitative estimate of drug-likeness (QED) is 0.521. The van der Waals surface area contributed by atoms with Gasteiger partial charge < -0.3 is 4.74 Å². The molecule has 1 aromatic carbocycles. The third-order valence-corrected chi connectivity index (χ3v) is 1.72. The van der Waals surface area contributed by atoms with E-state index >= 15 is 0 Å². The van der Waals surface area contributed by atoms with Crippen LogP contribution in [0.15, 0.2) is 18.2 Å². The Hall–Kier alpha value is -1.32. The lowest BCUT2D eigenvalue weighted by molar-refractivity contribution is -0.142. The first-order valence-corrected chi connectivity index (χ1v) is 4.33. The van der Waals surface area contributed by atoms with Crippen LogP contribution in [-0.2, 0) is 16.0 Å². The molecule has 4 heteroatoms. The van der Waals surface area contributed by atoms with Crippen molar-refractivity contribution < 1.29 is 13.9 Å². The molecule has 0 aliphatic heterocycles. The van der Waals surface area contributed by atoms with Gasteiger partial charge in [-0.25, -0.2) is 4.39 Å². The molecule has 0 spiro atoms. The molecule has 0 unspecified atom stereocenters. The summed E-state index contributed by atoms with van der Waals surface area (Å²) in [6.07, 6.45) is 0.0744. The van der Waals surface area contributed by atoms with Crippen molar-refractivity contribution >= 4 is 19.3 Å². The third-order valence-electron chi connectivity index (χ3n) is 1.72. The van der Waals surface area contributed by atoms with Crippen LogP contribution >= 0.6 is 0 Å². The van der Waals surface area contributed by atoms with Crippen LogP contribution in [0.3, 0.4) is 0 Å². The van der Waals surface area contributed by atoms with Gasteiger partial charge in [-0.3, -0.25) is 4.79 Å². The summed E-state index contributed by atoms with van der Waals surface area (Å²) in [4.78, 5) is 11.0. The van der Waals surface area contributed by atoms with Crippen LogP contribution < -0.4 is 5.46 Å². The molecule has 0 saturated heterocycles. The first kappa shape index (κ1) is 10.8. The summed E-state index contributed by atoms with van der Waals surface area (Å²) in [7, 11) is 5.29. The molecule has 72 valence electrons. The van der Waals surface area contributed by atoms with Crippen molar-refractivity contribution in [3.63, 3.8) is 0 Å². The molecule has 0 N–H and O–H groups in total. The normalized spacial score (nSPS) is 9.86. The molecule has 14 heavy (non-hydrogen) atoms. The maximum atomic E-state index is 12.9. The lowest BCUT2D eigenvalue weighted by Gasteiger charge is -2.03. The lowest BCUT2D eigenvalue weighted by atomic mass is 9.94. The van der Waals surface area contributed by atoms with E-state index in [1.54, 1.807) is 13.0 Å². The monoisotopic (exact) mass is 192 g/mol. The fraction of sp³-hybridized carbons (Fsp3) is 0.300. The molecule has 0 fully saturated rings. The molecule has 0 atom stereocenters. The van der Waals surface area contributed by atoms with Gasteiger partial charge in [0.05, 0.1) is 13.0 Å². The SMILES string of the molecule is [B]c1ccc(CC(=O)OCC)cc1F. The second-order valence-corrected chi connectivity index (χ2v) is 2.84. The van der Waals surface area contributed by atoms with Gasteiger partial charge >= 0.3 is 5.97 Å². The summed E-state index contributed by atoms with van der Waals surface area (Å²) < 4.78 is 17.7. The number of hydrogen-bond donors (Lipinski definition) is 0. The van der Waals surface area contributed by atoms with Gasteiger partial charge in [0.2, 0.25) is 0 Å². The van der Waals surface area contributed by atoms with Crippen molar-refractivity contribution in [2.45, 2.75) is 13.3 Å².